The molecule has 0 aromatic carbocycles. The first-order valence-electron chi connectivity index (χ1n) is 6.47. The summed E-state index contributed by atoms with van der Waals surface area (Å²) in [5.41, 5.74) is 2.32. The summed E-state index contributed by atoms with van der Waals surface area (Å²) in [5, 5.41) is 3.31. The van der Waals surface area contributed by atoms with Gasteiger partial charge < -0.3 is 10.1 Å². The molecule has 0 bridgehead atoms. The van der Waals surface area contributed by atoms with Crippen LogP contribution >= 0.6 is 0 Å². The molecule has 0 saturated carbocycles. The maximum absolute atomic E-state index is 5.49. The summed E-state index contributed by atoms with van der Waals surface area (Å²) in [6, 6.07) is 6.28. The molecule has 4 nitrogen and oxygen atoms in total. The van der Waals surface area contributed by atoms with E-state index in [1.807, 2.05) is 38.5 Å². The zero-order chi connectivity index (χ0) is 13.5. The molecule has 0 aliphatic rings. The molecule has 19 heavy (non-hydrogen) atoms. The fraction of sp³-hybridized carbons (Fsp3) is 0.333. The molecule has 1 N–H and O–H groups in total. The number of hydrogen-bond acceptors (Lipinski definition) is 4. The quantitative estimate of drug-likeness (QED) is 0.863. The molecule has 0 fully saturated rings. The molecular weight excluding hydrogens is 238 g/mol. The van der Waals surface area contributed by atoms with Gasteiger partial charge in [0.25, 0.3) is 0 Å². The van der Waals surface area contributed by atoms with E-state index in [9.17, 15) is 0 Å². The van der Waals surface area contributed by atoms with Gasteiger partial charge >= 0.3 is 0 Å². The monoisotopic (exact) mass is 257 g/mol. The minimum absolute atomic E-state index is 0.206. The van der Waals surface area contributed by atoms with Crippen LogP contribution in [0, 0.1) is 0 Å². The van der Waals surface area contributed by atoms with Crippen LogP contribution in [-0.4, -0.2) is 23.6 Å². The summed E-state index contributed by atoms with van der Waals surface area (Å²) < 4.78 is 5.49. The number of hydrogen-bond donors (Lipinski definition) is 1. The van der Waals surface area contributed by atoms with Crippen LogP contribution < -0.4 is 10.1 Å². The Hall–Kier alpha value is -1.94. The third kappa shape index (κ3) is 3.76. The molecular formula is C15H19N3O. The fourth-order valence-corrected chi connectivity index (χ4v) is 2.01. The molecule has 0 radical (unpaired) electrons. The van der Waals surface area contributed by atoms with E-state index in [0.717, 1.165) is 17.7 Å². The van der Waals surface area contributed by atoms with Crippen molar-refractivity contribution in [2.75, 3.05) is 13.7 Å². The Morgan fingerprint density at radius 2 is 2.16 bits per heavy atom. The van der Waals surface area contributed by atoms with Gasteiger partial charge in [-0.05, 0) is 43.7 Å². The number of nitrogens with zero attached hydrogens (tertiary/aromatic N) is 2. The SMILES string of the molecule is CCOc1cncc(C(Cc2cccnc2)NC)c1. The van der Waals surface area contributed by atoms with E-state index >= 15 is 0 Å². The second-order valence-corrected chi connectivity index (χ2v) is 4.29. The summed E-state index contributed by atoms with van der Waals surface area (Å²) in [6.45, 7) is 2.62. The number of pyridine rings is 2. The highest BCUT2D eigenvalue weighted by Crippen LogP contribution is 2.20. The number of rotatable bonds is 6. The summed E-state index contributed by atoms with van der Waals surface area (Å²) in [5.74, 6) is 0.812. The van der Waals surface area contributed by atoms with Crippen molar-refractivity contribution < 1.29 is 4.74 Å². The van der Waals surface area contributed by atoms with Gasteiger partial charge in [0.2, 0.25) is 0 Å². The van der Waals surface area contributed by atoms with Crippen LogP contribution in [0.5, 0.6) is 5.75 Å². The molecule has 1 atom stereocenters. The molecule has 1 unspecified atom stereocenters. The standard InChI is InChI=1S/C15H19N3O/c1-3-19-14-8-13(10-18-11-14)15(16-2)7-12-5-4-6-17-9-12/h4-6,8-11,15-16H,3,7H2,1-2H3. The first-order valence-corrected chi connectivity index (χ1v) is 6.47. The number of aromatic nitrogens is 2. The van der Waals surface area contributed by atoms with Gasteiger partial charge in [-0.3, -0.25) is 9.97 Å². The Morgan fingerprint density at radius 1 is 1.26 bits per heavy atom. The van der Waals surface area contributed by atoms with Crippen LogP contribution in [0.3, 0.4) is 0 Å². The lowest BCUT2D eigenvalue weighted by molar-refractivity contribution is 0.338. The van der Waals surface area contributed by atoms with Crippen molar-refractivity contribution in [1.29, 1.82) is 0 Å². The van der Waals surface area contributed by atoms with Crippen LogP contribution in [0.25, 0.3) is 0 Å². The highest BCUT2D eigenvalue weighted by Gasteiger charge is 2.11. The largest absolute Gasteiger partial charge is 0.492 e. The summed E-state index contributed by atoms with van der Waals surface area (Å²) in [7, 11) is 1.95. The van der Waals surface area contributed by atoms with Crippen molar-refractivity contribution in [2.24, 2.45) is 0 Å². The van der Waals surface area contributed by atoms with Crippen LogP contribution in [0.1, 0.15) is 24.1 Å². The Balaban J connectivity index is 2.15. The predicted octanol–water partition coefficient (Wildman–Crippen LogP) is 2.38. The molecule has 2 aromatic rings. The van der Waals surface area contributed by atoms with Crippen molar-refractivity contribution >= 4 is 0 Å². The Morgan fingerprint density at radius 3 is 2.84 bits per heavy atom. The average molecular weight is 257 g/mol. The van der Waals surface area contributed by atoms with E-state index < -0.39 is 0 Å². The second-order valence-electron chi connectivity index (χ2n) is 4.29. The van der Waals surface area contributed by atoms with Crippen LogP contribution in [0.15, 0.2) is 43.0 Å². The minimum atomic E-state index is 0.206. The number of nitrogens with one attached hydrogen (secondary N) is 1. The minimum Gasteiger partial charge on any atom is -0.492 e. The third-order valence-electron chi connectivity index (χ3n) is 2.96. The smallest absolute Gasteiger partial charge is 0.137 e. The average Bonchev–Trinajstić information content (AvgIpc) is 2.46. The number of likely N-dealkylation sites (N-methyl/N-ethyl adjacent to an activating group) is 1. The lowest BCUT2D eigenvalue weighted by Gasteiger charge is -2.17. The Bertz CT molecular complexity index is 502. The van der Waals surface area contributed by atoms with Crippen molar-refractivity contribution in [1.82, 2.24) is 15.3 Å². The maximum atomic E-state index is 5.49. The molecule has 2 aromatic heterocycles. The fourth-order valence-electron chi connectivity index (χ4n) is 2.01. The van der Waals surface area contributed by atoms with E-state index in [0.29, 0.717) is 6.61 Å². The summed E-state index contributed by atoms with van der Waals surface area (Å²) >= 11 is 0. The van der Waals surface area contributed by atoms with Crippen molar-refractivity contribution in [3.8, 4) is 5.75 Å². The van der Waals surface area contributed by atoms with Gasteiger partial charge in [-0.25, -0.2) is 0 Å². The van der Waals surface area contributed by atoms with Crippen LogP contribution in [0.4, 0.5) is 0 Å². The molecule has 0 saturated heterocycles. The van der Waals surface area contributed by atoms with Crippen LogP contribution in [0.2, 0.25) is 0 Å². The predicted molar refractivity (Wildman–Crippen MR) is 75.1 cm³/mol. The van der Waals surface area contributed by atoms with Crippen molar-refractivity contribution in [3.05, 3.63) is 54.1 Å². The zero-order valence-electron chi connectivity index (χ0n) is 11.3. The van der Waals surface area contributed by atoms with Gasteiger partial charge in [0.05, 0.1) is 12.8 Å². The molecule has 0 spiro atoms. The third-order valence-corrected chi connectivity index (χ3v) is 2.96. The number of ether oxygens (including phenoxy) is 1. The van der Waals surface area contributed by atoms with Gasteiger partial charge in [0, 0.05) is 24.6 Å². The molecule has 0 aliphatic heterocycles. The summed E-state index contributed by atoms with van der Waals surface area (Å²) in [4.78, 5) is 8.38. The Labute approximate surface area is 113 Å². The first-order chi connectivity index (χ1) is 9.33. The summed E-state index contributed by atoms with van der Waals surface area (Å²) in [6.07, 6.45) is 8.17. The normalized spacial score (nSPS) is 12.1. The van der Waals surface area contributed by atoms with E-state index in [2.05, 4.69) is 21.4 Å². The van der Waals surface area contributed by atoms with E-state index in [1.54, 1.807) is 12.4 Å². The molecule has 2 heterocycles. The van der Waals surface area contributed by atoms with E-state index in [-0.39, 0.29) is 6.04 Å². The highest BCUT2D eigenvalue weighted by molar-refractivity contribution is 5.27. The van der Waals surface area contributed by atoms with Crippen molar-refractivity contribution in [3.63, 3.8) is 0 Å². The van der Waals surface area contributed by atoms with Crippen LogP contribution in [-0.2, 0) is 6.42 Å². The van der Waals surface area contributed by atoms with Gasteiger partial charge in [-0.15, -0.1) is 0 Å². The van der Waals surface area contributed by atoms with Gasteiger partial charge in [-0.1, -0.05) is 6.07 Å². The lowest BCUT2D eigenvalue weighted by Crippen LogP contribution is -2.19. The highest BCUT2D eigenvalue weighted by atomic mass is 16.5. The molecule has 4 heteroatoms. The molecule has 0 amide bonds. The Kier molecular flexibility index (Phi) is 4.86. The first kappa shape index (κ1) is 13.5. The molecule has 0 aliphatic carbocycles. The zero-order valence-corrected chi connectivity index (χ0v) is 11.3. The van der Waals surface area contributed by atoms with Crippen molar-refractivity contribution in [2.45, 2.75) is 19.4 Å². The molecule has 100 valence electrons. The lowest BCUT2D eigenvalue weighted by atomic mass is 10.0. The topological polar surface area (TPSA) is 47.0 Å². The van der Waals surface area contributed by atoms with E-state index in [1.165, 1.54) is 5.56 Å². The van der Waals surface area contributed by atoms with E-state index in [4.69, 9.17) is 4.74 Å². The van der Waals surface area contributed by atoms with Gasteiger partial charge in [0.1, 0.15) is 5.75 Å². The van der Waals surface area contributed by atoms with Gasteiger partial charge in [0.15, 0.2) is 0 Å². The molecule has 2 rings (SSSR count). The second kappa shape index (κ2) is 6.85. The maximum Gasteiger partial charge on any atom is 0.137 e. The van der Waals surface area contributed by atoms with Gasteiger partial charge in [-0.2, -0.15) is 0 Å².